The van der Waals surface area contributed by atoms with Crippen LogP contribution in [0, 0.1) is 10.1 Å². The molecule has 2 rings (SSSR count). The van der Waals surface area contributed by atoms with Crippen LogP contribution in [-0.4, -0.2) is 32.3 Å². The summed E-state index contributed by atoms with van der Waals surface area (Å²) >= 11 is 0. The van der Waals surface area contributed by atoms with Crippen molar-refractivity contribution in [2.45, 2.75) is 96.8 Å². The lowest BCUT2D eigenvalue weighted by Crippen LogP contribution is -2.31. The predicted molar refractivity (Wildman–Crippen MR) is 143 cm³/mol. The zero-order chi connectivity index (χ0) is 25.8. The Labute approximate surface area is 214 Å². The van der Waals surface area contributed by atoms with Crippen molar-refractivity contribution < 1.29 is 9.72 Å². The van der Waals surface area contributed by atoms with Crippen molar-refractivity contribution in [2.75, 3.05) is 17.3 Å². The summed E-state index contributed by atoms with van der Waals surface area (Å²) < 4.78 is 0. The summed E-state index contributed by atoms with van der Waals surface area (Å²) in [6.07, 6.45) is 20.6. The lowest BCUT2D eigenvalue weighted by molar-refractivity contribution is -0.383. The van der Waals surface area contributed by atoms with E-state index in [2.05, 4.69) is 38.0 Å². The molecule has 0 fully saturated rings. The second-order valence-electron chi connectivity index (χ2n) is 8.99. The fourth-order valence-corrected chi connectivity index (χ4v) is 3.98. The lowest BCUT2D eigenvalue weighted by atomic mass is 10.0. The minimum Gasteiger partial charge on any atom is -0.364 e. The van der Waals surface area contributed by atoms with E-state index in [0.29, 0.717) is 6.54 Å². The van der Waals surface area contributed by atoms with Gasteiger partial charge < -0.3 is 5.32 Å². The van der Waals surface area contributed by atoms with Gasteiger partial charge in [-0.15, -0.1) is 0 Å². The highest BCUT2D eigenvalue weighted by Crippen LogP contribution is 2.28. The number of hydrogen-bond acceptors (Lipinski definition) is 8. The monoisotopic (exact) mass is 499 g/mol. The summed E-state index contributed by atoms with van der Waals surface area (Å²) in [5.41, 5.74) is 4.76. The van der Waals surface area contributed by atoms with Gasteiger partial charge in [0, 0.05) is 12.7 Å². The van der Waals surface area contributed by atoms with Gasteiger partial charge >= 0.3 is 5.69 Å². The Morgan fingerprint density at radius 2 is 1.42 bits per heavy atom. The highest BCUT2D eigenvalue weighted by atomic mass is 16.6. The molecule has 0 aromatic carbocycles. The standard InChI is InChI=1S/C26H41N7O3/c1-2-3-4-5-6-7-8-9-10-11-12-13-14-16-20-28-24-23(33(35)36)25(30-21-29-24)31-32-26(34)22-18-15-17-19-27-22/h15,17-19,21H,2-14,16,20H2,1H3,(H,32,34)(H2,28,29,30,31). The predicted octanol–water partition coefficient (Wildman–Crippen LogP) is 6.43. The van der Waals surface area contributed by atoms with Crippen LogP contribution in [0.25, 0.3) is 0 Å². The van der Waals surface area contributed by atoms with Crippen molar-refractivity contribution in [3.63, 3.8) is 0 Å². The maximum Gasteiger partial charge on any atom is 0.354 e. The van der Waals surface area contributed by atoms with Crippen LogP contribution in [0.2, 0.25) is 0 Å². The first-order valence-corrected chi connectivity index (χ1v) is 13.3. The summed E-state index contributed by atoms with van der Waals surface area (Å²) in [5.74, 6) is -0.498. The molecular formula is C26H41N7O3. The number of anilines is 2. The number of rotatable bonds is 20. The minimum absolute atomic E-state index is 0.0947. The largest absolute Gasteiger partial charge is 0.364 e. The van der Waals surface area contributed by atoms with E-state index >= 15 is 0 Å². The molecule has 2 aromatic rings. The van der Waals surface area contributed by atoms with Crippen LogP contribution >= 0.6 is 0 Å². The van der Waals surface area contributed by atoms with Crippen molar-refractivity contribution in [1.29, 1.82) is 0 Å². The van der Waals surface area contributed by atoms with Crippen molar-refractivity contribution in [2.24, 2.45) is 0 Å². The van der Waals surface area contributed by atoms with E-state index in [1.54, 1.807) is 12.1 Å². The molecule has 10 nitrogen and oxygen atoms in total. The molecule has 36 heavy (non-hydrogen) atoms. The number of pyridine rings is 1. The molecule has 0 aliphatic rings. The first-order chi connectivity index (χ1) is 17.6. The molecule has 1 amide bonds. The summed E-state index contributed by atoms with van der Waals surface area (Å²) in [4.78, 5) is 35.1. The zero-order valence-corrected chi connectivity index (χ0v) is 21.5. The number of carbonyl (C=O) groups is 1. The number of unbranched alkanes of at least 4 members (excludes halogenated alkanes) is 13. The number of nitro groups is 1. The molecule has 0 saturated heterocycles. The Kier molecular flexibility index (Phi) is 14.5. The van der Waals surface area contributed by atoms with E-state index in [-0.39, 0.29) is 23.0 Å². The van der Waals surface area contributed by atoms with E-state index in [0.717, 1.165) is 19.3 Å². The van der Waals surface area contributed by atoms with Crippen molar-refractivity contribution in [3.8, 4) is 0 Å². The van der Waals surface area contributed by atoms with Gasteiger partial charge in [-0.3, -0.25) is 30.7 Å². The Morgan fingerprint density at radius 1 is 0.833 bits per heavy atom. The second kappa shape index (κ2) is 18.0. The van der Waals surface area contributed by atoms with E-state index < -0.39 is 10.8 Å². The average Bonchev–Trinajstić information content (AvgIpc) is 2.89. The SMILES string of the molecule is CCCCCCCCCCCCCCCCNc1ncnc(NNC(=O)c2ccccn2)c1[N+](=O)[O-]. The summed E-state index contributed by atoms with van der Waals surface area (Å²) in [5, 5.41) is 14.7. The fraction of sp³-hybridized carbons (Fsp3) is 0.615. The number of carbonyl (C=O) groups excluding carboxylic acids is 1. The third-order valence-corrected chi connectivity index (χ3v) is 6.02. The lowest BCUT2D eigenvalue weighted by Gasteiger charge is -2.10. The Hall–Kier alpha value is -3.30. The molecule has 10 heteroatoms. The number of hydrogen-bond donors (Lipinski definition) is 3. The fourth-order valence-electron chi connectivity index (χ4n) is 3.98. The minimum atomic E-state index is -0.567. The van der Waals surface area contributed by atoms with Crippen molar-refractivity contribution >= 4 is 23.2 Å². The molecule has 0 atom stereocenters. The van der Waals surface area contributed by atoms with Gasteiger partial charge in [-0.05, 0) is 18.6 Å². The molecule has 0 radical (unpaired) electrons. The average molecular weight is 500 g/mol. The third kappa shape index (κ3) is 11.4. The normalized spacial score (nSPS) is 10.7. The van der Waals surface area contributed by atoms with E-state index in [4.69, 9.17) is 0 Å². The van der Waals surface area contributed by atoms with Crippen LogP contribution in [0.15, 0.2) is 30.7 Å². The van der Waals surface area contributed by atoms with Crippen LogP contribution in [0.1, 0.15) is 107 Å². The van der Waals surface area contributed by atoms with Gasteiger partial charge in [0.1, 0.15) is 12.0 Å². The summed E-state index contributed by atoms with van der Waals surface area (Å²) in [6.45, 7) is 2.83. The molecule has 0 saturated carbocycles. The Balaban J connectivity index is 1.61. The molecule has 0 spiro atoms. The van der Waals surface area contributed by atoms with Crippen LogP contribution in [0.4, 0.5) is 17.3 Å². The highest BCUT2D eigenvalue weighted by molar-refractivity contribution is 5.93. The van der Waals surface area contributed by atoms with Gasteiger partial charge in [0.15, 0.2) is 0 Å². The topological polar surface area (TPSA) is 135 Å². The van der Waals surface area contributed by atoms with Gasteiger partial charge in [-0.1, -0.05) is 96.5 Å². The Morgan fingerprint density at radius 3 is 1.97 bits per heavy atom. The van der Waals surface area contributed by atoms with Gasteiger partial charge in [-0.25, -0.2) is 9.97 Å². The van der Waals surface area contributed by atoms with Gasteiger partial charge in [-0.2, -0.15) is 0 Å². The number of amides is 1. The van der Waals surface area contributed by atoms with Gasteiger partial charge in [0.25, 0.3) is 5.91 Å². The number of hydrazine groups is 1. The highest BCUT2D eigenvalue weighted by Gasteiger charge is 2.23. The number of nitrogens with one attached hydrogen (secondary N) is 3. The smallest absolute Gasteiger partial charge is 0.354 e. The first-order valence-electron chi connectivity index (χ1n) is 13.3. The molecule has 3 N–H and O–H groups in total. The van der Waals surface area contributed by atoms with Crippen LogP contribution < -0.4 is 16.2 Å². The van der Waals surface area contributed by atoms with E-state index in [1.165, 1.54) is 89.2 Å². The maximum atomic E-state index is 12.1. The van der Waals surface area contributed by atoms with Crippen LogP contribution in [-0.2, 0) is 0 Å². The molecule has 2 heterocycles. The molecule has 198 valence electrons. The first kappa shape index (κ1) is 28.9. The van der Waals surface area contributed by atoms with Gasteiger partial charge in [0.05, 0.1) is 4.92 Å². The van der Waals surface area contributed by atoms with Crippen LogP contribution in [0.5, 0.6) is 0 Å². The van der Waals surface area contributed by atoms with Crippen molar-refractivity contribution in [1.82, 2.24) is 20.4 Å². The second-order valence-corrected chi connectivity index (χ2v) is 8.99. The molecule has 2 aromatic heterocycles. The Bertz CT molecular complexity index is 896. The molecule has 0 aliphatic carbocycles. The quantitative estimate of drug-likeness (QED) is 0.108. The molecule has 0 unspecified atom stereocenters. The molecular weight excluding hydrogens is 458 g/mol. The van der Waals surface area contributed by atoms with Gasteiger partial charge in [0.2, 0.25) is 11.6 Å². The summed E-state index contributed by atoms with van der Waals surface area (Å²) in [6, 6.07) is 4.90. The van der Waals surface area contributed by atoms with E-state index in [9.17, 15) is 14.9 Å². The summed E-state index contributed by atoms with van der Waals surface area (Å²) in [7, 11) is 0. The van der Waals surface area contributed by atoms with E-state index in [1.807, 2.05) is 0 Å². The molecule has 0 bridgehead atoms. The van der Waals surface area contributed by atoms with Crippen LogP contribution in [0.3, 0.4) is 0 Å². The number of nitrogens with zero attached hydrogens (tertiary/aromatic N) is 4. The van der Waals surface area contributed by atoms with Crippen molar-refractivity contribution in [3.05, 3.63) is 46.5 Å². The maximum absolute atomic E-state index is 12.1. The third-order valence-electron chi connectivity index (χ3n) is 6.02. The molecule has 0 aliphatic heterocycles. The number of aromatic nitrogens is 3. The zero-order valence-electron chi connectivity index (χ0n) is 21.5.